The molecule has 5 nitrogen and oxygen atoms in total. The Kier molecular flexibility index (Phi) is 4.27. The fourth-order valence-electron chi connectivity index (χ4n) is 3.40. The summed E-state index contributed by atoms with van der Waals surface area (Å²) in [5.41, 5.74) is -0.482. The Hall–Kier alpha value is -1.69. The van der Waals surface area contributed by atoms with Gasteiger partial charge in [0, 0.05) is 18.0 Å². The van der Waals surface area contributed by atoms with Crippen molar-refractivity contribution < 1.29 is 9.53 Å². The third-order valence-electron chi connectivity index (χ3n) is 4.88. The van der Waals surface area contributed by atoms with Crippen LogP contribution in [0.2, 0.25) is 0 Å². The summed E-state index contributed by atoms with van der Waals surface area (Å²) in [6.45, 7) is 7.85. The fraction of sp³-hybridized carbons (Fsp3) is 0.588. The summed E-state index contributed by atoms with van der Waals surface area (Å²) in [6, 6.07) is 2.16. The average molecular weight is 333 g/mol. The molecule has 1 aliphatic rings. The Labute approximate surface area is 140 Å². The van der Waals surface area contributed by atoms with E-state index in [-0.39, 0.29) is 11.9 Å². The molecular weight excluding hydrogens is 310 g/mol. The van der Waals surface area contributed by atoms with Crippen LogP contribution in [0.5, 0.6) is 0 Å². The molecule has 1 saturated heterocycles. The predicted octanol–water partition coefficient (Wildman–Crippen LogP) is 3.42. The lowest BCUT2D eigenvalue weighted by Crippen LogP contribution is -2.45. The topological polar surface area (TPSA) is 55.3 Å². The van der Waals surface area contributed by atoms with Crippen molar-refractivity contribution in [2.75, 3.05) is 25.1 Å². The minimum absolute atomic E-state index is 0.136. The summed E-state index contributed by atoms with van der Waals surface area (Å²) in [6.07, 6.45) is 3.73. The largest absolute Gasteiger partial charge is 0.469 e. The van der Waals surface area contributed by atoms with Crippen molar-refractivity contribution in [3.8, 4) is 0 Å². The van der Waals surface area contributed by atoms with Gasteiger partial charge in [0.1, 0.15) is 17.0 Å². The SMILES string of the molecule is COC(=O)C(C)(C)C1CCCN(c2ncnc3sc(C)cc23)C1. The number of piperidine rings is 1. The van der Waals surface area contributed by atoms with E-state index >= 15 is 0 Å². The number of carbonyl (C=O) groups excluding carboxylic acids is 1. The molecule has 2 aromatic heterocycles. The Bertz CT molecular complexity index is 726. The third kappa shape index (κ3) is 2.92. The lowest BCUT2D eigenvalue weighted by Gasteiger charge is -2.40. The average Bonchev–Trinajstić information content (AvgIpc) is 2.94. The summed E-state index contributed by atoms with van der Waals surface area (Å²) < 4.78 is 5.00. The van der Waals surface area contributed by atoms with Crippen molar-refractivity contribution in [1.82, 2.24) is 9.97 Å². The van der Waals surface area contributed by atoms with Gasteiger partial charge < -0.3 is 9.64 Å². The van der Waals surface area contributed by atoms with E-state index in [4.69, 9.17) is 4.74 Å². The van der Waals surface area contributed by atoms with Gasteiger partial charge in [-0.25, -0.2) is 9.97 Å². The third-order valence-corrected chi connectivity index (χ3v) is 5.84. The molecule has 1 atom stereocenters. The quantitative estimate of drug-likeness (QED) is 0.806. The van der Waals surface area contributed by atoms with Crippen LogP contribution in [0.25, 0.3) is 10.2 Å². The van der Waals surface area contributed by atoms with Gasteiger partial charge >= 0.3 is 5.97 Å². The van der Waals surface area contributed by atoms with Crippen molar-refractivity contribution in [2.45, 2.75) is 33.6 Å². The number of rotatable bonds is 3. The van der Waals surface area contributed by atoms with Crippen molar-refractivity contribution in [1.29, 1.82) is 0 Å². The van der Waals surface area contributed by atoms with Crippen LogP contribution in [-0.2, 0) is 9.53 Å². The zero-order valence-corrected chi connectivity index (χ0v) is 14.9. The van der Waals surface area contributed by atoms with Gasteiger partial charge in [-0.15, -0.1) is 11.3 Å². The van der Waals surface area contributed by atoms with Crippen LogP contribution in [0.4, 0.5) is 5.82 Å². The Morgan fingerprint density at radius 1 is 1.43 bits per heavy atom. The summed E-state index contributed by atoms with van der Waals surface area (Å²) in [7, 11) is 1.47. The van der Waals surface area contributed by atoms with Gasteiger partial charge in [0.15, 0.2) is 0 Å². The Morgan fingerprint density at radius 3 is 2.96 bits per heavy atom. The highest BCUT2D eigenvalue weighted by molar-refractivity contribution is 7.18. The second-order valence-electron chi connectivity index (χ2n) is 6.77. The number of methoxy groups -OCH3 is 1. The monoisotopic (exact) mass is 333 g/mol. The maximum absolute atomic E-state index is 12.1. The molecule has 1 aliphatic heterocycles. The van der Waals surface area contributed by atoms with Crippen molar-refractivity contribution in [2.24, 2.45) is 11.3 Å². The van der Waals surface area contributed by atoms with Crippen LogP contribution in [0.15, 0.2) is 12.4 Å². The molecule has 0 amide bonds. The second kappa shape index (κ2) is 6.07. The number of hydrogen-bond donors (Lipinski definition) is 0. The molecule has 0 saturated carbocycles. The van der Waals surface area contributed by atoms with Gasteiger partial charge in [-0.05, 0) is 45.6 Å². The van der Waals surface area contributed by atoms with Gasteiger partial charge in [0.05, 0.1) is 17.9 Å². The van der Waals surface area contributed by atoms with E-state index in [2.05, 4.69) is 27.9 Å². The molecule has 3 rings (SSSR count). The number of carbonyl (C=O) groups is 1. The molecule has 0 aromatic carbocycles. The Balaban J connectivity index is 1.90. The van der Waals surface area contributed by atoms with Crippen molar-refractivity contribution in [3.05, 3.63) is 17.3 Å². The number of esters is 1. The normalized spacial score (nSPS) is 19.1. The molecule has 0 spiro atoms. The van der Waals surface area contributed by atoms with E-state index in [1.165, 1.54) is 12.0 Å². The number of aromatic nitrogens is 2. The smallest absolute Gasteiger partial charge is 0.311 e. The zero-order chi connectivity index (χ0) is 16.6. The van der Waals surface area contributed by atoms with Gasteiger partial charge in [-0.1, -0.05) is 0 Å². The van der Waals surface area contributed by atoms with E-state index in [0.29, 0.717) is 0 Å². The highest BCUT2D eigenvalue weighted by Gasteiger charge is 2.40. The number of hydrogen-bond acceptors (Lipinski definition) is 6. The first kappa shape index (κ1) is 16.2. The van der Waals surface area contributed by atoms with Crippen LogP contribution < -0.4 is 4.90 Å². The van der Waals surface area contributed by atoms with E-state index in [1.807, 2.05) is 13.8 Å². The lowest BCUT2D eigenvalue weighted by molar-refractivity contribution is -0.154. The maximum atomic E-state index is 12.1. The van der Waals surface area contributed by atoms with Crippen LogP contribution in [0.1, 0.15) is 31.6 Å². The molecule has 0 radical (unpaired) electrons. The number of thiophene rings is 1. The highest BCUT2D eigenvalue weighted by Crippen LogP contribution is 2.38. The molecule has 0 bridgehead atoms. The molecule has 23 heavy (non-hydrogen) atoms. The van der Waals surface area contributed by atoms with E-state index in [1.54, 1.807) is 17.7 Å². The zero-order valence-electron chi connectivity index (χ0n) is 14.1. The first-order valence-electron chi connectivity index (χ1n) is 7.98. The molecule has 2 aromatic rings. The first-order valence-corrected chi connectivity index (χ1v) is 8.79. The van der Waals surface area contributed by atoms with Crippen LogP contribution in [-0.4, -0.2) is 36.1 Å². The summed E-state index contributed by atoms with van der Waals surface area (Å²) in [5, 5.41) is 1.12. The second-order valence-corrected chi connectivity index (χ2v) is 8.01. The van der Waals surface area contributed by atoms with E-state index < -0.39 is 5.41 Å². The summed E-state index contributed by atoms with van der Waals surface area (Å²) in [4.78, 5) is 25.6. The molecule has 3 heterocycles. The molecule has 1 unspecified atom stereocenters. The predicted molar refractivity (Wildman–Crippen MR) is 92.9 cm³/mol. The minimum atomic E-state index is -0.482. The Morgan fingerprint density at radius 2 is 2.22 bits per heavy atom. The van der Waals surface area contributed by atoms with Crippen LogP contribution in [0, 0.1) is 18.3 Å². The maximum Gasteiger partial charge on any atom is 0.311 e. The van der Waals surface area contributed by atoms with Gasteiger partial charge in [-0.2, -0.15) is 0 Å². The molecule has 1 fully saturated rings. The standard InChI is InChI=1S/C17H23N3O2S/c1-11-8-13-14(18-10-19-15(13)23-11)20-7-5-6-12(9-20)17(2,3)16(21)22-4/h8,10,12H,5-7,9H2,1-4H3. The molecular formula is C17H23N3O2S. The number of anilines is 1. The van der Waals surface area contributed by atoms with Crippen molar-refractivity contribution in [3.63, 3.8) is 0 Å². The van der Waals surface area contributed by atoms with Gasteiger partial charge in [-0.3, -0.25) is 4.79 Å². The van der Waals surface area contributed by atoms with Gasteiger partial charge in [0.25, 0.3) is 0 Å². The number of ether oxygens (including phenoxy) is 1. The molecule has 0 aliphatic carbocycles. The molecule has 0 N–H and O–H groups in total. The number of fused-ring (bicyclic) bond motifs is 1. The van der Waals surface area contributed by atoms with Crippen LogP contribution in [0.3, 0.4) is 0 Å². The molecule has 124 valence electrons. The first-order chi connectivity index (χ1) is 10.9. The lowest BCUT2D eigenvalue weighted by atomic mass is 9.74. The summed E-state index contributed by atoms with van der Waals surface area (Å²) >= 11 is 1.69. The number of aryl methyl sites for hydroxylation is 1. The van der Waals surface area contributed by atoms with Crippen LogP contribution >= 0.6 is 11.3 Å². The molecule has 6 heteroatoms. The number of nitrogens with zero attached hydrogens (tertiary/aromatic N) is 3. The van der Waals surface area contributed by atoms with Gasteiger partial charge in [0.2, 0.25) is 0 Å². The van der Waals surface area contributed by atoms with Crippen molar-refractivity contribution >= 4 is 33.3 Å². The van der Waals surface area contributed by atoms with E-state index in [9.17, 15) is 4.79 Å². The minimum Gasteiger partial charge on any atom is -0.469 e. The van der Waals surface area contributed by atoms with E-state index in [0.717, 1.165) is 42.0 Å². The highest BCUT2D eigenvalue weighted by atomic mass is 32.1. The summed E-state index contributed by atoms with van der Waals surface area (Å²) in [5.74, 6) is 1.11. The fourth-order valence-corrected chi connectivity index (χ4v) is 4.25.